The van der Waals surface area contributed by atoms with Crippen LogP contribution in [0.4, 0.5) is 4.39 Å². The molecule has 0 bridgehead atoms. The van der Waals surface area contributed by atoms with Gasteiger partial charge in [-0.15, -0.1) is 0 Å². The van der Waals surface area contributed by atoms with E-state index in [1.54, 1.807) is 12.1 Å². The van der Waals surface area contributed by atoms with Gasteiger partial charge in [0.05, 0.1) is 0 Å². The van der Waals surface area contributed by atoms with E-state index in [9.17, 15) is 4.39 Å². The van der Waals surface area contributed by atoms with Crippen molar-refractivity contribution in [3.8, 4) is 0 Å². The first kappa shape index (κ1) is 14.2. The fourth-order valence-electron chi connectivity index (χ4n) is 2.60. The van der Waals surface area contributed by atoms with E-state index in [0.29, 0.717) is 12.0 Å². The Hall–Kier alpha value is -0.890. The summed E-state index contributed by atoms with van der Waals surface area (Å²) in [5.41, 5.74) is 1.18. The molecule has 1 aromatic rings. The van der Waals surface area contributed by atoms with Crippen molar-refractivity contribution in [1.29, 1.82) is 0 Å². The maximum absolute atomic E-state index is 13.0. The van der Waals surface area contributed by atoms with Crippen LogP contribution in [-0.4, -0.2) is 12.6 Å². The first-order chi connectivity index (χ1) is 7.89. The van der Waals surface area contributed by atoms with E-state index < -0.39 is 0 Å². The summed E-state index contributed by atoms with van der Waals surface area (Å²) in [6, 6.07) is 7.25. The van der Waals surface area contributed by atoms with Crippen molar-refractivity contribution in [3.63, 3.8) is 0 Å². The maximum Gasteiger partial charge on any atom is 0.123 e. The Bertz CT molecular complexity index is 340. The van der Waals surface area contributed by atoms with Gasteiger partial charge in [-0.2, -0.15) is 0 Å². The lowest BCUT2D eigenvalue weighted by molar-refractivity contribution is 0.274. The Kier molecular flexibility index (Phi) is 4.70. The monoisotopic (exact) mass is 237 g/mol. The van der Waals surface area contributed by atoms with Crippen LogP contribution >= 0.6 is 0 Å². The molecule has 2 heteroatoms. The molecule has 0 aliphatic carbocycles. The summed E-state index contributed by atoms with van der Waals surface area (Å²) in [4.78, 5) is 0. The van der Waals surface area contributed by atoms with Crippen molar-refractivity contribution in [2.45, 2.75) is 46.1 Å². The van der Waals surface area contributed by atoms with E-state index in [1.165, 1.54) is 5.56 Å². The molecule has 1 rings (SSSR count). The molecule has 1 atom stereocenters. The van der Waals surface area contributed by atoms with Gasteiger partial charge in [0, 0.05) is 11.5 Å². The molecule has 1 unspecified atom stereocenters. The van der Waals surface area contributed by atoms with E-state index in [-0.39, 0.29) is 11.2 Å². The third-order valence-electron chi connectivity index (χ3n) is 3.46. The van der Waals surface area contributed by atoms with Gasteiger partial charge in [-0.25, -0.2) is 4.39 Å². The summed E-state index contributed by atoms with van der Waals surface area (Å²) in [7, 11) is 0. The number of halogens is 1. The van der Waals surface area contributed by atoms with Crippen molar-refractivity contribution in [1.82, 2.24) is 5.32 Å². The number of likely N-dealkylation sites (N-methyl/N-ethyl adjacent to an activating group) is 1. The lowest BCUT2D eigenvalue weighted by atomic mass is 9.73. The first-order valence-corrected chi connectivity index (χ1v) is 6.39. The van der Waals surface area contributed by atoms with Crippen LogP contribution in [0, 0.1) is 11.7 Å². The van der Waals surface area contributed by atoms with Crippen LogP contribution in [0.15, 0.2) is 24.3 Å². The second-order valence-corrected chi connectivity index (χ2v) is 5.51. The van der Waals surface area contributed by atoms with Crippen LogP contribution in [0.2, 0.25) is 0 Å². The number of hydrogen-bond donors (Lipinski definition) is 1. The highest BCUT2D eigenvalue weighted by atomic mass is 19.1. The predicted molar refractivity (Wildman–Crippen MR) is 71.7 cm³/mol. The minimum atomic E-state index is -0.172. The molecular formula is C15H24FN. The van der Waals surface area contributed by atoms with E-state index >= 15 is 0 Å². The summed E-state index contributed by atoms with van der Waals surface area (Å²) < 4.78 is 13.0. The van der Waals surface area contributed by atoms with Crippen LogP contribution in [0.5, 0.6) is 0 Å². The van der Waals surface area contributed by atoms with Crippen molar-refractivity contribution in [2.75, 3.05) is 6.54 Å². The molecule has 0 saturated heterocycles. The highest BCUT2D eigenvalue weighted by molar-refractivity contribution is 5.26. The van der Waals surface area contributed by atoms with Crippen LogP contribution in [-0.2, 0) is 5.41 Å². The molecule has 1 aromatic carbocycles. The average Bonchev–Trinajstić information content (AvgIpc) is 2.25. The molecule has 0 fully saturated rings. The Morgan fingerprint density at radius 1 is 1.18 bits per heavy atom. The zero-order valence-electron chi connectivity index (χ0n) is 11.5. The van der Waals surface area contributed by atoms with Crippen molar-refractivity contribution in [3.05, 3.63) is 35.6 Å². The molecule has 0 aliphatic rings. The van der Waals surface area contributed by atoms with Crippen LogP contribution in [0.25, 0.3) is 0 Å². The molecule has 1 N–H and O–H groups in total. The minimum absolute atomic E-state index is 0.00211. The number of rotatable bonds is 5. The number of benzene rings is 1. The number of nitrogens with one attached hydrogen (secondary N) is 1. The predicted octanol–water partition coefficient (Wildman–Crippen LogP) is 3.74. The van der Waals surface area contributed by atoms with Gasteiger partial charge in [0.15, 0.2) is 0 Å². The maximum atomic E-state index is 13.0. The fraction of sp³-hybridized carbons (Fsp3) is 0.600. The van der Waals surface area contributed by atoms with Crippen molar-refractivity contribution in [2.24, 2.45) is 5.92 Å². The topological polar surface area (TPSA) is 12.0 Å². The Morgan fingerprint density at radius 2 is 1.71 bits per heavy atom. The largest absolute Gasteiger partial charge is 0.313 e. The Morgan fingerprint density at radius 3 is 2.12 bits per heavy atom. The highest BCUT2D eigenvalue weighted by Gasteiger charge is 2.32. The van der Waals surface area contributed by atoms with E-state index in [2.05, 4.69) is 39.9 Å². The average molecular weight is 237 g/mol. The normalized spacial score (nSPS) is 14.1. The van der Waals surface area contributed by atoms with E-state index in [0.717, 1.165) is 6.54 Å². The molecule has 0 heterocycles. The second-order valence-electron chi connectivity index (χ2n) is 5.51. The zero-order valence-corrected chi connectivity index (χ0v) is 11.5. The SMILES string of the molecule is CCNC(C(C)C)C(C)(C)c1ccc(F)cc1. The van der Waals surface area contributed by atoms with Gasteiger partial charge >= 0.3 is 0 Å². The second kappa shape index (κ2) is 5.63. The van der Waals surface area contributed by atoms with Crippen molar-refractivity contribution >= 4 is 0 Å². The van der Waals surface area contributed by atoms with Gasteiger partial charge in [0.25, 0.3) is 0 Å². The van der Waals surface area contributed by atoms with Crippen LogP contribution < -0.4 is 5.32 Å². The first-order valence-electron chi connectivity index (χ1n) is 6.39. The molecule has 0 saturated carbocycles. The quantitative estimate of drug-likeness (QED) is 0.822. The standard InChI is InChI=1S/C15H24FN/c1-6-17-14(11(2)3)15(4,5)12-7-9-13(16)10-8-12/h7-11,14,17H,6H2,1-5H3. The highest BCUT2D eigenvalue weighted by Crippen LogP contribution is 2.31. The zero-order chi connectivity index (χ0) is 13.1. The summed E-state index contributed by atoms with van der Waals surface area (Å²) >= 11 is 0. The Balaban J connectivity index is 3.01. The summed E-state index contributed by atoms with van der Waals surface area (Å²) in [5, 5.41) is 3.54. The molecular weight excluding hydrogens is 213 g/mol. The van der Waals surface area contributed by atoms with E-state index in [1.807, 2.05) is 12.1 Å². The Labute approximate surface area is 104 Å². The molecule has 0 spiro atoms. The molecule has 1 nitrogen and oxygen atoms in total. The molecule has 0 radical (unpaired) electrons. The summed E-state index contributed by atoms with van der Waals surface area (Å²) in [5.74, 6) is 0.365. The lowest BCUT2D eigenvalue weighted by Gasteiger charge is -2.38. The van der Waals surface area contributed by atoms with Crippen molar-refractivity contribution < 1.29 is 4.39 Å². The summed E-state index contributed by atoms with van der Waals surface area (Å²) in [6.07, 6.45) is 0. The van der Waals surface area contributed by atoms with Gasteiger partial charge in [-0.1, -0.05) is 46.8 Å². The van der Waals surface area contributed by atoms with Gasteiger partial charge in [0.2, 0.25) is 0 Å². The molecule has 0 aromatic heterocycles. The fourth-order valence-corrected chi connectivity index (χ4v) is 2.60. The summed E-state index contributed by atoms with van der Waals surface area (Å²) in [6.45, 7) is 11.9. The number of hydrogen-bond acceptors (Lipinski definition) is 1. The van der Waals surface area contributed by atoms with Gasteiger partial charge < -0.3 is 5.32 Å². The van der Waals surface area contributed by atoms with E-state index in [4.69, 9.17) is 0 Å². The smallest absolute Gasteiger partial charge is 0.123 e. The van der Waals surface area contributed by atoms with Crippen LogP contribution in [0.1, 0.15) is 40.2 Å². The van der Waals surface area contributed by atoms with Gasteiger partial charge in [-0.05, 0) is 30.2 Å². The molecule has 0 aliphatic heterocycles. The third kappa shape index (κ3) is 3.29. The van der Waals surface area contributed by atoms with Gasteiger partial charge in [0.1, 0.15) is 5.82 Å². The van der Waals surface area contributed by atoms with Gasteiger partial charge in [-0.3, -0.25) is 0 Å². The van der Waals surface area contributed by atoms with Crippen LogP contribution in [0.3, 0.4) is 0 Å². The lowest BCUT2D eigenvalue weighted by Crippen LogP contribution is -2.48. The molecule has 0 amide bonds. The molecule has 96 valence electrons. The minimum Gasteiger partial charge on any atom is -0.313 e. The third-order valence-corrected chi connectivity index (χ3v) is 3.46. The molecule has 17 heavy (non-hydrogen) atoms.